The van der Waals surface area contributed by atoms with Crippen LogP contribution in [0.5, 0.6) is 5.75 Å². The zero-order valence-electron chi connectivity index (χ0n) is 21.3. The van der Waals surface area contributed by atoms with Gasteiger partial charge in [0.1, 0.15) is 16.7 Å². The first-order valence-electron chi connectivity index (χ1n) is 12.8. The SMILES string of the molecule is C[C@@H]1CN([C@@H](C)CO)S(=O)(=O)c2ccc(-c3cccnc3)cc2O[C@H]1CN(C)C(=O)C1CCCCC1. The quantitative estimate of drug-likeness (QED) is 0.632. The van der Waals surface area contributed by atoms with Crippen LogP contribution in [0, 0.1) is 11.8 Å². The number of sulfonamides is 1. The van der Waals surface area contributed by atoms with E-state index >= 15 is 0 Å². The number of carbonyl (C=O) groups excluding carboxylic acids is 1. The summed E-state index contributed by atoms with van der Waals surface area (Å²) in [4.78, 5) is 19.1. The highest BCUT2D eigenvalue weighted by Gasteiger charge is 2.39. The van der Waals surface area contributed by atoms with Gasteiger partial charge in [0.2, 0.25) is 15.9 Å². The predicted octanol–water partition coefficient (Wildman–Crippen LogP) is 3.56. The average Bonchev–Trinajstić information content (AvgIpc) is 2.90. The molecule has 1 saturated carbocycles. The van der Waals surface area contributed by atoms with Gasteiger partial charge in [-0.25, -0.2) is 8.42 Å². The molecule has 1 aliphatic carbocycles. The third-order valence-corrected chi connectivity index (χ3v) is 9.47. The van der Waals surface area contributed by atoms with Crippen molar-refractivity contribution in [3.05, 3.63) is 42.7 Å². The van der Waals surface area contributed by atoms with Crippen LogP contribution >= 0.6 is 0 Å². The standard InChI is InChI=1S/C27H37N3O5S/c1-19-16-30(20(2)18-31)36(33,34)26-12-11-22(23-10-7-13-28-15-23)14-24(26)35-25(19)17-29(3)27(32)21-8-5-4-6-9-21/h7,10-15,19-21,25,31H,4-6,8-9,16-18H2,1-3H3/t19-,20+,25+/m1/s1. The first kappa shape index (κ1) is 26.6. The highest BCUT2D eigenvalue weighted by atomic mass is 32.2. The summed E-state index contributed by atoms with van der Waals surface area (Å²) < 4.78 is 35.1. The van der Waals surface area contributed by atoms with Crippen molar-refractivity contribution in [2.24, 2.45) is 11.8 Å². The minimum atomic E-state index is -3.92. The lowest BCUT2D eigenvalue weighted by Crippen LogP contribution is -2.50. The fourth-order valence-electron chi connectivity index (χ4n) is 5.18. The first-order chi connectivity index (χ1) is 17.2. The Morgan fingerprint density at radius 2 is 1.97 bits per heavy atom. The van der Waals surface area contributed by atoms with Gasteiger partial charge in [-0.3, -0.25) is 9.78 Å². The number of ether oxygens (including phenoxy) is 1. The molecule has 1 aliphatic heterocycles. The number of aromatic nitrogens is 1. The molecule has 1 amide bonds. The summed E-state index contributed by atoms with van der Waals surface area (Å²) in [6.45, 7) is 3.88. The van der Waals surface area contributed by atoms with E-state index in [4.69, 9.17) is 4.74 Å². The maximum absolute atomic E-state index is 13.7. The summed E-state index contributed by atoms with van der Waals surface area (Å²) in [6, 6.07) is 8.18. The van der Waals surface area contributed by atoms with Crippen molar-refractivity contribution in [3.8, 4) is 16.9 Å². The number of nitrogens with zero attached hydrogens (tertiary/aromatic N) is 3. The van der Waals surface area contributed by atoms with Gasteiger partial charge in [-0.1, -0.05) is 38.3 Å². The van der Waals surface area contributed by atoms with Crippen LogP contribution in [0.1, 0.15) is 46.0 Å². The van der Waals surface area contributed by atoms with Crippen LogP contribution in [0.3, 0.4) is 0 Å². The van der Waals surface area contributed by atoms with Crippen molar-refractivity contribution < 1.29 is 23.1 Å². The van der Waals surface area contributed by atoms with E-state index in [2.05, 4.69) is 4.98 Å². The lowest BCUT2D eigenvalue weighted by Gasteiger charge is -2.38. The Bertz CT molecular complexity index is 1150. The molecule has 9 heteroatoms. The Morgan fingerprint density at radius 3 is 2.64 bits per heavy atom. The van der Waals surface area contributed by atoms with Crippen LogP contribution in [0.4, 0.5) is 0 Å². The molecule has 8 nitrogen and oxygen atoms in total. The van der Waals surface area contributed by atoms with E-state index in [9.17, 15) is 18.3 Å². The molecular weight excluding hydrogens is 478 g/mol. The van der Waals surface area contributed by atoms with E-state index in [0.29, 0.717) is 6.54 Å². The molecule has 0 radical (unpaired) electrons. The van der Waals surface area contributed by atoms with Crippen molar-refractivity contribution in [1.82, 2.24) is 14.2 Å². The van der Waals surface area contributed by atoms with E-state index in [1.807, 2.05) is 26.1 Å². The summed E-state index contributed by atoms with van der Waals surface area (Å²) in [5.41, 5.74) is 1.63. The fraction of sp³-hybridized carbons (Fsp3) is 0.556. The Labute approximate surface area is 214 Å². The number of aliphatic hydroxyl groups is 1. The van der Waals surface area contributed by atoms with Crippen LogP contribution in [-0.2, 0) is 14.8 Å². The molecule has 1 aromatic heterocycles. The number of carbonyl (C=O) groups is 1. The normalized spacial score (nSPS) is 23.6. The highest BCUT2D eigenvalue weighted by molar-refractivity contribution is 7.89. The number of likely N-dealkylation sites (N-methyl/N-ethyl adjacent to an activating group) is 1. The molecule has 0 unspecified atom stereocenters. The molecular formula is C27H37N3O5S. The number of hydrogen-bond donors (Lipinski definition) is 1. The van der Waals surface area contributed by atoms with Crippen molar-refractivity contribution >= 4 is 15.9 Å². The molecule has 36 heavy (non-hydrogen) atoms. The molecule has 1 aromatic carbocycles. The van der Waals surface area contributed by atoms with E-state index in [1.54, 1.807) is 42.4 Å². The fourth-order valence-corrected chi connectivity index (χ4v) is 7.00. The summed E-state index contributed by atoms with van der Waals surface area (Å²) in [6.07, 6.45) is 8.16. The predicted molar refractivity (Wildman–Crippen MR) is 138 cm³/mol. The Balaban J connectivity index is 1.70. The summed E-state index contributed by atoms with van der Waals surface area (Å²) in [5, 5.41) is 9.84. The number of rotatable bonds is 6. The maximum atomic E-state index is 13.7. The number of hydrogen-bond acceptors (Lipinski definition) is 6. The molecule has 3 atom stereocenters. The third kappa shape index (κ3) is 5.58. The maximum Gasteiger partial charge on any atom is 0.247 e. The highest BCUT2D eigenvalue weighted by Crippen LogP contribution is 2.36. The molecule has 4 rings (SSSR count). The second-order valence-electron chi connectivity index (χ2n) is 10.2. The summed E-state index contributed by atoms with van der Waals surface area (Å²) in [5.74, 6) is 0.209. The van der Waals surface area contributed by atoms with E-state index in [-0.39, 0.29) is 41.5 Å². The van der Waals surface area contributed by atoms with E-state index < -0.39 is 22.2 Å². The van der Waals surface area contributed by atoms with Gasteiger partial charge in [0.15, 0.2) is 0 Å². The topological polar surface area (TPSA) is 100 Å². The zero-order chi connectivity index (χ0) is 25.9. The van der Waals surface area contributed by atoms with Gasteiger partial charge in [-0.2, -0.15) is 4.31 Å². The summed E-state index contributed by atoms with van der Waals surface area (Å²) in [7, 11) is -2.11. The molecule has 2 aromatic rings. The number of pyridine rings is 1. The minimum absolute atomic E-state index is 0.0448. The molecule has 0 bridgehead atoms. The van der Waals surface area contributed by atoms with Crippen molar-refractivity contribution in [3.63, 3.8) is 0 Å². The number of amides is 1. The second kappa shape index (κ2) is 11.3. The Morgan fingerprint density at radius 1 is 1.22 bits per heavy atom. The van der Waals surface area contributed by atoms with Crippen LogP contribution in [0.25, 0.3) is 11.1 Å². The smallest absolute Gasteiger partial charge is 0.247 e. The Kier molecular flexibility index (Phi) is 8.32. The monoisotopic (exact) mass is 515 g/mol. The van der Waals surface area contributed by atoms with Gasteiger partial charge in [-0.05, 0) is 43.5 Å². The van der Waals surface area contributed by atoms with Crippen LogP contribution in [0.2, 0.25) is 0 Å². The third-order valence-electron chi connectivity index (χ3n) is 7.45. The lowest BCUT2D eigenvalue weighted by molar-refractivity contribution is -0.136. The van der Waals surface area contributed by atoms with E-state index in [1.165, 1.54) is 10.7 Å². The van der Waals surface area contributed by atoms with Crippen molar-refractivity contribution in [2.45, 2.75) is 63.0 Å². The number of aliphatic hydroxyl groups excluding tert-OH is 1. The van der Waals surface area contributed by atoms with E-state index in [0.717, 1.165) is 36.8 Å². The zero-order valence-corrected chi connectivity index (χ0v) is 22.2. The van der Waals surface area contributed by atoms with Gasteiger partial charge < -0.3 is 14.7 Å². The number of fused-ring (bicyclic) bond motifs is 1. The van der Waals surface area contributed by atoms with Gasteiger partial charge in [0.05, 0.1) is 13.2 Å². The molecule has 1 N–H and O–H groups in total. The van der Waals surface area contributed by atoms with Gasteiger partial charge in [-0.15, -0.1) is 0 Å². The van der Waals surface area contributed by atoms with Gasteiger partial charge in [0.25, 0.3) is 0 Å². The molecule has 0 saturated heterocycles. The molecule has 2 aliphatic rings. The number of benzene rings is 1. The van der Waals surface area contributed by atoms with Crippen LogP contribution in [-0.4, -0.2) is 72.5 Å². The largest absolute Gasteiger partial charge is 0.487 e. The average molecular weight is 516 g/mol. The molecule has 0 spiro atoms. The summed E-state index contributed by atoms with van der Waals surface area (Å²) >= 11 is 0. The van der Waals surface area contributed by atoms with Crippen molar-refractivity contribution in [2.75, 3.05) is 26.7 Å². The Hall–Kier alpha value is -2.49. The second-order valence-corrected chi connectivity index (χ2v) is 12.1. The minimum Gasteiger partial charge on any atom is -0.487 e. The molecule has 1 fully saturated rings. The van der Waals surface area contributed by atoms with Crippen molar-refractivity contribution in [1.29, 1.82) is 0 Å². The molecule has 2 heterocycles. The van der Waals surface area contributed by atoms with Crippen LogP contribution in [0.15, 0.2) is 47.6 Å². The first-order valence-corrected chi connectivity index (χ1v) is 14.2. The van der Waals surface area contributed by atoms with Gasteiger partial charge >= 0.3 is 0 Å². The van der Waals surface area contributed by atoms with Crippen LogP contribution < -0.4 is 4.74 Å². The lowest BCUT2D eigenvalue weighted by atomic mass is 9.88. The molecule has 196 valence electrons. The van der Waals surface area contributed by atoms with Gasteiger partial charge in [0, 0.05) is 49.4 Å².